The highest BCUT2D eigenvalue weighted by Gasteiger charge is 2.31. The van der Waals surface area contributed by atoms with E-state index in [1.807, 2.05) is 29.2 Å². The summed E-state index contributed by atoms with van der Waals surface area (Å²) >= 11 is 0. The molecule has 0 atom stereocenters. The van der Waals surface area contributed by atoms with Crippen molar-refractivity contribution >= 4 is 28.3 Å². The van der Waals surface area contributed by atoms with Crippen LogP contribution < -0.4 is 4.90 Å². The van der Waals surface area contributed by atoms with Gasteiger partial charge in [-0.3, -0.25) is 9.20 Å². The van der Waals surface area contributed by atoms with Crippen LogP contribution in [0.4, 0.5) is 5.69 Å². The number of hydrogen-bond acceptors (Lipinski definition) is 6. The summed E-state index contributed by atoms with van der Waals surface area (Å²) in [6.07, 6.45) is 1.80. The Morgan fingerprint density at radius 2 is 1.77 bits per heavy atom. The highest BCUT2D eigenvalue weighted by molar-refractivity contribution is 6.12. The summed E-state index contributed by atoms with van der Waals surface area (Å²) in [5, 5.41) is 10.0. The zero-order valence-electron chi connectivity index (χ0n) is 19.3. The van der Waals surface area contributed by atoms with Gasteiger partial charge in [-0.1, -0.05) is 20.8 Å². The average Bonchev–Trinajstić information content (AvgIpc) is 3.24. The van der Waals surface area contributed by atoms with E-state index in [9.17, 15) is 4.79 Å². The summed E-state index contributed by atoms with van der Waals surface area (Å²) in [4.78, 5) is 25.2. The number of carbonyl (C=O) groups is 1. The zero-order chi connectivity index (χ0) is 22.1. The minimum absolute atomic E-state index is 0.0105. The molecule has 8 heteroatoms. The van der Waals surface area contributed by atoms with E-state index in [1.54, 1.807) is 6.20 Å². The average molecular weight is 424 g/mol. The van der Waals surface area contributed by atoms with Crippen LogP contribution in [0.5, 0.6) is 0 Å². The normalized spacial score (nSPS) is 15.4. The number of fused-ring (bicyclic) bond motifs is 3. The third-order valence-corrected chi connectivity index (χ3v) is 6.32. The molecule has 4 rings (SSSR count). The summed E-state index contributed by atoms with van der Waals surface area (Å²) in [7, 11) is 0. The Balaban J connectivity index is 2.03. The van der Waals surface area contributed by atoms with Crippen molar-refractivity contribution < 1.29 is 4.79 Å². The molecule has 1 saturated heterocycles. The lowest BCUT2D eigenvalue weighted by Gasteiger charge is -2.37. The van der Waals surface area contributed by atoms with E-state index < -0.39 is 0 Å². The monoisotopic (exact) mass is 423 g/mol. The number of nitrogens with zero attached hydrogens (tertiary/aromatic N) is 7. The second-order valence-corrected chi connectivity index (χ2v) is 8.37. The van der Waals surface area contributed by atoms with Crippen LogP contribution in [0, 0.1) is 0 Å². The Hall–Kier alpha value is -2.74. The van der Waals surface area contributed by atoms with Gasteiger partial charge in [0.05, 0.1) is 5.69 Å². The minimum atomic E-state index is 0.0105. The minimum Gasteiger partial charge on any atom is -0.368 e. The molecule has 31 heavy (non-hydrogen) atoms. The molecule has 3 aromatic rings. The molecule has 0 radical (unpaired) electrons. The topological polar surface area (TPSA) is 69.9 Å². The molecule has 0 saturated carbocycles. The molecule has 0 aliphatic carbocycles. The van der Waals surface area contributed by atoms with Crippen molar-refractivity contribution in [2.24, 2.45) is 0 Å². The van der Waals surface area contributed by atoms with Crippen LogP contribution in [0.15, 0.2) is 18.3 Å². The van der Waals surface area contributed by atoms with Crippen LogP contribution >= 0.6 is 0 Å². The molecule has 3 aromatic heterocycles. The van der Waals surface area contributed by atoms with Gasteiger partial charge < -0.3 is 14.7 Å². The smallest absolute Gasteiger partial charge is 0.259 e. The molecule has 4 heterocycles. The molecule has 1 aliphatic rings. The van der Waals surface area contributed by atoms with Crippen molar-refractivity contribution in [1.82, 2.24) is 29.4 Å². The highest BCUT2D eigenvalue weighted by atomic mass is 16.2. The number of amides is 1. The summed E-state index contributed by atoms with van der Waals surface area (Å²) in [6.45, 7) is 16.5. The lowest BCUT2D eigenvalue weighted by atomic mass is 10.1. The SMILES string of the molecule is CCN1CCN(c2c(C(=O)N(CC)CC)c3nnc(C(C)C)n3c3ncccc23)CC1. The quantitative estimate of drug-likeness (QED) is 0.607. The number of hydrogen-bond donors (Lipinski definition) is 0. The predicted molar refractivity (Wildman–Crippen MR) is 124 cm³/mol. The number of aromatic nitrogens is 4. The van der Waals surface area contributed by atoms with E-state index in [2.05, 4.69) is 46.8 Å². The Kier molecular flexibility index (Phi) is 6.09. The van der Waals surface area contributed by atoms with E-state index in [0.717, 1.165) is 55.3 Å². The Morgan fingerprint density at radius 3 is 2.39 bits per heavy atom. The lowest BCUT2D eigenvalue weighted by molar-refractivity contribution is 0.0775. The first-order valence-corrected chi connectivity index (χ1v) is 11.4. The second-order valence-electron chi connectivity index (χ2n) is 8.37. The zero-order valence-corrected chi connectivity index (χ0v) is 19.3. The number of carbonyl (C=O) groups excluding carboxylic acids is 1. The summed E-state index contributed by atoms with van der Waals surface area (Å²) in [5.41, 5.74) is 3.02. The third-order valence-electron chi connectivity index (χ3n) is 6.32. The summed E-state index contributed by atoms with van der Waals surface area (Å²) in [6, 6.07) is 4.03. The van der Waals surface area contributed by atoms with Gasteiger partial charge in [-0.15, -0.1) is 10.2 Å². The van der Waals surface area contributed by atoms with Gasteiger partial charge in [-0.2, -0.15) is 0 Å². The largest absolute Gasteiger partial charge is 0.368 e. The molecule has 0 spiro atoms. The maximum Gasteiger partial charge on any atom is 0.259 e. The summed E-state index contributed by atoms with van der Waals surface area (Å²) < 4.78 is 1.99. The van der Waals surface area contributed by atoms with E-state index >= 15 is 0 Å². The van der Waals surface area contributed by atoms with Crippen LogP contribution in [0.25, 0.3) is 16.7 Å². The molecule has 0 unspecified atom stereocenters. The Bertz CT molecular complexity index is 1080. The molecule has 0 aromatic carbocycles. The molecule has 1 fully saturated rings. The van der Waals surface area contributed by atoms with Gasteiger partial charge in [-0.25, -0.2) is 4.98 Å². The molecular formula is C23H33N7O. The van der Waals surface area contributed by atoms with Gasteiger partial charge in [0.1, 0.15) is 17.0 Å². The molecule has 166 valence electrons. The highest BCUT2D eigenvalue weighted by Crippen LogP contribution is 2.35. The van der Waals surface area contributed by atoms with Crippen molar-refractivity contribution in [2.75, 3.05) is 50.7 Å². The van der Waals surface area contributed by atoms with E-state index in [4.69, 9.17) is 4.98 Å². The summed E-state index contributed by atoms with van der Waals surface area (Å²) in [5.74, 6) is 1.00. The number of likely N-dealkylation sites (N-methyl/N-ethyl adjacent to an activating group) is 1. The lowest BCUT2D eigenvalue weighted by Crippen LogP contribution is -2.47. The van der Waals surface area contributed by atoms with Crippen LogP contribution in [0.2, 0.25) is 0 Å². The molecule has 1 amide bonds. The van der Waals surface area contributed by atoms with Crippen LogP contribution in [-0.4, -0.2) is 81.1 Å². The molecule has 8 nitrogen and oxygen atoms in total. The predicted octanol–water partition coefficient (Wildman–Crippen LogP) is 3.02. The van der Waals surface area contributed by atoms with Crippen LogP contribution in [0.1, 0.15) is 56.7 Å². The van der Waals surface area contributed by atoms with Crippen molar-refractivity contribution in [2.45, 2.75) is 40.5 Å². The maximum absolute atomic E-state index is 13.8. The molecule has 1 aliphatic heterocycles. The van der Waals surface area contributed by atoms with Crippen molar-refractivity contribution in [3.63, 3.8) is 0 Å². The van der Waals surface area contributed by atoms with Crippen molar-refractivity contribution in [1.29, 1.82) is 0 Å². The van der Waals surface area contributed by atoms with E-state index in [-0.39, 0.29) is 11.8 Å². The van der Waals surface area contributed by atoms with Gasteiger partial charge in [0.25, 0.3) is 5.91 Å². The fourth-order valence-corrected chi connectivity index (χ4v) is 4.52. The standard InChI is InChI=1S/C23H33N7O/c1-6-27-12-14-29(15-13-27)19-17-10-9-11-24-21(17)30-20(16(4)5)25-26-22(30)18(19)23(31)28(7-2)8-3/h9-11,16H,6-8,12-15H2,1-5H3. The molecule has 0 N–H and O–H groups in total. The first-order valence-electron chi connectivity index (χ1n) is 11.4. The van der Waals surface area contributed by atoms with E-state index in [0.29, 0.717) is 24.3 Å². The Morgan fingerprint density at radius 1 is 1.06 bits per heavy atom. The molecule has 0 bridgehead atoms. The van der Waals surface area contributed by atoms with Crippen LogP contribution in [0.3, 0.4) is 0 Å². The molecular weight excluding hydrogens is 390 g/mol. The van der Waals surface area contributed by atoms with Gasteiger partial charge in [0.2, 0.25) is 0 Å². The first-order chi connectivity index (χ1) is 15.0. The number of rotatable bonds is 6. The van der Waals surface area contributed by atoms with Gasteiger partial charge in [0.15, 0.2) is 5.65 Å². The fraction of sp³-hybridized carbons (Fsp3) is 0.565. The number of piperazine rings is 1. The first kappa shape index (κ1) is 21.5. The van der Waals surface area contributed by atoms with Crippen molar-refractivity contribution in [3.05, 3.63) is 29.7 Å². The van der Waals surface area contributed by atoms with Gasteiger partial charge >= 0.3 is 0 Å². The number of anilines is 1. The maximum atomic E-state index is 13.8. The van der Waals surface area contributed by atoms with E-state index in [1.165, 1.54) is 0 Å². The van der Waals surface area contributed by atoms with Gasteiger partial charge in [0, 0.05) is 56.8 Å². The third kappa shape index (κ3) is 3.63. The number of pyridine rings is 2. The van der Waals surface area contributed by atoms with Gasteiger partial charge in [-0.05, 0) is 32.5 Å². The Labute approximate surface area is 183 Å². The fourth-order valence-electron chi connectivity index (χ4n) is 4.52. The van der Waals surface area contributed by atoms with Crippen molar-refractivity contribution in [3.8, 4) is 0 Å². The van der Waals surface area contributed by atoms with Crippen LogP contribution in [-0.2, 0) is 0 Å². The second kappa shape index (κ2) is 8.78.